The van der Waals surface area contributed by atoms with Gasteiger partial charge in [-0.3, -0.25) is 4.31 Å². The van der Waals surface area contributed by atoms with E-state index in [1.165, 1.54) is 4.31 Å². The third kappa shape index (κ3) is 4.26. The molecule has 0 amide bonds. The highest BCUT2D eigenvalue weighted by Gasteiger charge is 2.23. The number of sulfonamides is 1. The topological polar surface area (TPSA) is 46.6 Å². The smallest absolute Gasteiger partial charge is 0.264 e. The summed E-state index contributed by atoms with van der Waals surface area (Å²) in [6.07, 6.45) is 2.05. The quantitative estimate of drug-likeness (QED) is 0.684. The molecule has 5 heteroatoms. The average molecular weight is 333 g/mol. The maximum absolute atomic E-state index is 12.8. The van der Waals surface area contributed by atoms with Gasteiger partial charge in [0.2, 0.25) is 0 Å². The van der Waals surface area contributed by atoms with Gasteiger partial charge in [0, 0.05) is 6.54 Å². The van der Waals surface area contributed by atoms with Crippen molar-refractivity contribution in [3.63, 3.8) is 0 Å². The summed E-state index contributed by atoms with van der Waals surface area (Å²) in [5, 5.41) is 0. The van der Waals surface area contributed by atoms with Crippen molar-refractivity contribution in [3.8, 4) is 5.75 Å². The number of ether oxygens (including phenoxy) is 1. The molecule has 2 aromatic rings. The molecule has 0 atom stereocenters. The number of hydrogen-bond donors (Lipinski definition) is 0. The van der Waals surface area contributed by atoms with Gasteiger partial charge in [-0.05, 0) is 49.7 Å². The molecular formula is C18H23NO3S. The van der Waals surface area contributed by atoms with E-state index in [4.69, 9.17) is 4.74 Å². The molecule has 0 unspecified atom stereocenters. The van der Waals surface area contributed by atoms with Gasteiger partial charge >= 0.3 is 0 Å². The second kappa shape index (κ2) is 8.02. The van der Waals surface area contributed by atoms with Crippen molar-refractivity contribution in [2.45, 2.75) is 31.6 Å². The van der Waals surface area contributed by atoms with Crippen LogP contribution in [-0.4, -0.2) is 21.6 Å². The highest BCUT2D eigenvalue weighted by molar-refractivity contribution is 7.92. The van der Waals surface area contributed by atoms with Gasteiger partial charge < -0.3 is 4.74 Å². The first-order valence-corrected chi connectivity index (χ1v) is 9.34. The zero-order valence-electron chi connectivity index (χ0n) is 13.6. The Hall–Kier alpha value is -2.01. The van der Waals surface area contributed by atoms with Crippen LogP contribution in [0.1, 0.15) is 26.7 Å². The molecule has 0 N–H and O–H groups in total. The van der Waals surface area contributed by atoms with Crippen LogP contribution >= 0.6 is 0 Å². The molecule has 0 aromatic heterocycles. The number of para-hydroxylation sites is 1. The van der Waals surface area contributed by atoms with Crippen LogP contribution in [0, 0.1) is 0 Å². The molecule has 0 aliphatic carbocycles. The van der Waals surface area contributed by atoms with Gasteiger partial charge in [-0.1, -0.05) is 31.5 Å². The second-order valence-corrected chi connectivity index (χ2v) is 7.04. The van der Waals surface area contributed by atoms with Crippen molar-refractivity contribution >= 4 is 15.7 Å². The van der Waals surface area contributed by atoms with Crippen LogP contribution in [0.25, 0.3) is 0 Å². The zero-order valence-corrected chi connectivity index (χ0v) is 14.4. The minimum absolute atomic E-state index is 0.269. The van der Waals surface area contributed by atoms with Crippen LogP contribution in [0.2, 0.25) is 0 Å². The lowest BCUT2D eigenvalue weighted by Crippen LogP contribution is -2.30. The van der Waals surface area contributed by atoms with Crippen LogP contribution in [-0.2, 0) is 10.0 Å². The lowest BCUT2D eigenvalue weighted by molar-refractivity contribution is 0.309. The summed E-state index contributed by atoms with van der Waals surface area (Å²) in [5.41, 5.74) is 0.665. The fraction of sp³-hybridized carbons (Fsp3) is 0.333. The first kappa shape index (κ1) is 17.3. The molecule has 4 nitrogen and oxygen atoms in total. The molecular weight excluding hydrogens is 310 g/mol. The summed E-state index contributed by atoms with van der Waals surface area (Å²) in [6, 6.07) is 15.7. The van der Waals surface area contributed by atoms with Crippen LogP contribution in [0.5, 0.6) is 5.75 Å². The zero-order chi connectivity index (χ0) is 16.7. The maximum atomic E-state index is 12.8. The number of benzene rings is 2. The third-order valence-corrected chi connectivity index (χ3v) is 5.43. The van der Waals surface area contributed by atoms with Crippen molar-refractivity contribution in [1.82, 2.24) is 0 Å². The molecule has 124 valence electrons. The highest BCUT2D eigenvalue weighted by atomic mass is 32.2. The normalized spacial score (nSPS) is 11.2. The fourth-order valence-corrected chi connectivity index (χ4v) is 3.73. The lowest BCUT2D eigenvalue weighted by Gasteiger charge is -2.23. The fourth-order valence-electron chi connectivity index (χ4n) is 2.26. The molecule has 23 heavy (non-hydrogen) atoms. The van der Waals surface area contributed by atoms with E-state index in [0.29, 0.717) is 24.6 Å². The molecule has 0 bridgehead atoms. The number of hydrogen-bond acceptors (Lipinski definition) is 3. The Bertz CT molecular complexity index is 697. The van der Waals surface area contributed by atoms with Crippen molar-refractivity contribution in [1.29, 1.82) is 0 Å². The van der Waals surface area contributed by atoms with Gasteiger partial charge in [0.1, 0.15) is 5.75 Å². The predicted octanol–water partition coefficient (Wildman–Crippen LogP) is 4.08. The number of nitrogens with zero attached hydrogens (tertiary/aromatic N) is 1. The van der Waals surface area contributed by atoms with Crippen LogP contribution in [0.3, 0.4) is 0 Å². The Morgan fingerprint density at radius 2 is 1.61 bits per heavy atom. The third-order valence-electron chi connectivity index (χ3n) is 3.51. The van der Waals surface area contributed by atoms with Gasteiger partial charge in [0.15, 0.2) is 0 Å². The van der Waals surface area contributed by atoms with Gasteiger partial charge in [0.25, 0.3) is 10.0 Å². The Labute approximate surface area is 138 Å². The Morgan fingerprint density at radius 3 is 2.17 bits per heavy atom. The van der Waals surface area contributed by atoms with Crippen LogP contribution < -0.4 is 9.04 Å². The standard InChI is InChI=1S/C18H23NO3S/c1-3-5-15-22-17-11-13-18(14-12-17)23(20,21)19(4-2)16-9-7-6-8-10-16/h6-14H,3-5,15H2,1-2H3. The predicted molar refractivity (Wildman–Crippen MR) is 93.5 cm³/mol. The first-order chi connectivity index (χ1) is 11.1. The number of unbranched alkanes of at least 4 members (excludes halogenated alkanes) is 1. The van der Waals surface area contributed by atoms with E-state index in [0.717, 1.165) is 12.8 Å². The summed E-state index contributed by atoms with van der Waals surface area (Å²) in [5.74, 6) is 0.695. The molecule has 0 saturated carbocycles. The maximum Gasteiger partial charge on any atom is 0.264 e. The molecule has 0 radical (unpaired) electrons. The van der Waals surface area contributed by atoms with Crippen LogP contribution in [0.4, 0.5) is 5.69 Å². The van der Waals surface area contributed by atoms with Gasteiger partial charge in [-0.2, -0.15) is 0 Å². The minimum atomic E-state index is -3.57. The Morgan fingerprint density at radius 1 is 0.957 bits per heavy atom. The van der Waals surface area contributed by atoms with Gasteiger partial charge in [0.05, 0.1) is 17.2 Å². The van der Waals surface area contributed by atoms with Crippen molar-refractivity contribution in [3.05, 3.63) is 54.6 Å². The Balaban J connectivity index is 2.21. The molecule has 0 saturated heterocycles. The van der Waals surface area contributed by atoms with Gasteiger partial charge in [-0.25, -0.2) is 8.42 Å². The average Bonchev–Trinajstić information content (AvgIpc) is 2.57. The van der Waals surface area contributed by atoms with Crippen molar-refractivity contribution < 1.29 is 13.2 Å². The first-order valence-electron chi connectivity index (χ1n) is 7.90. The second-order valence-electron chi connectivity index (χ2n) is 5.18. The van der Waals surface area contributed by atoms with Crippen molar-refractivity contribution in [2.24, 2.45) is 0 Å². The van der Waals surface area contributed by atoms with E-state index >= 15 is 0 Å². The van der Waals surface area contributed by atoms with Crippen LogP contribution in [0.15, 0.2) is 59.5 Å². The summed E-state index contributed by atoms with van der Waals surface area (Å²) in [6.45, 7) is 4.95. The lowest BCUT2D eigenvalue weighted by atomic mass is 10.3. The number of anilines is 1. The molecule has 0 heterocycles. The summed E-state index contributed by atoms with van der Waals surface area (Å²) in [7, 11) is -3.57. The van der Waals surface area contributed by atoms with E-state index in [-0.39, 0.29) is 4.90 Å². The molecule has 2 rings (SSSR count). The SMILES string of the molecule is CCCCOc1ccc(S(=O)(=O)N(CC)c2ccccc2)cc1. The Kier molecular flexibility index (Phi) is 6.04. The summed E-state index contributed by atoms with van der Waals surface area (Å²) < 4.78 is 32.6. The van der Waals surface area contributed by atoms with E-state index in [1.807, 2.05) is 25.1 Å². The molecule has 0 spiro atoms. The van der Waals surface area contributed by atoms with E-state index in [2.05, 4.69) is 6.92 Å². The molecule has 0 aliphatic rings. The van der Waals surface area contributed by atoms with E-state index in [9.17, 15) is 8.42 Å². The monoisotopic (exact) mass is 333 g/mol. The van der Waals surface area contributed by atoms with E-state index < -0.39 is 10.0 Å². The van der Waals surface area contributed by atoms with Gasteiger partial charge in [-0.15, -0.1) is 0 Å². The number of rotatable bonds is 8. The largest absolute Gasteiger partial charge is 0.494 e. The van der Waals surface area contributed by atoms with Crippen molar-refractivity contribution in [2.75, 3.05) is 17.5 Å². The minimum Gasteiger partial charge on any atom is -0.494 e. The highest BCUT2D eigenvalue weighted by Crippen LogP contribution is 2.24. The summed E-state index contributed by atoms with van der Waals surface area (Å²) in [4.78, 5) is 0.269. The molecule has 0 aliphatic heterocycles. The van der Waals surface area contributed by atoms with E-state index in [1.54, 1.807) is 36.4 Å². The summed E-state index contributed by atoms with van der Waals surface area (Å²) >= 11 is 0. The molecule has 0 fully saturated rings. The molecule has 2 aromatic carbocycles.